The van der Waals surface area contributed by atoms with Crippen LogP contribution >= 0.6 is 0 Å². The van der Waals surface area contributed by atoms with E-state index in [-0.39, 0.29) is 5.25 Å². The minimum atomic E-state index is -3.37. The molecular weight excluding hydrogens is 382 g/mol. The molecule has 0 aromatic heterocycles. The Morgan fingerprint density at radius 1 is 1.04 bits per heavy atom. The first-order valence-corrected chi connectivity index (χ1v) is 11.3. The Balaban J connectivity index is 1.49. The first-order chi connectivity index (χ1) is 13.4. The van der Waals surface area contributed by atoms with Crippen LogP contribution < -0.4 is 9.62 Å². The van der Waals surface area contributed by atoms with Crippen LogP contribution in [-0.4, -0.2) is 20.2 Å². The van der Waals surface area contributed by atoms with E-state index in [9.17, 15) is 17.2 Å². The van der Waals surface area contributed by atoms with E-state index in [0.29, 0.717) is 24.3 Å². The highest BCUT2D eigenvalue weighted by atomic mass is 32.2. The Morgan fingerprint density at radius 3 is 2.57 bits per heavy atom. The van der Waals surface area contributed by atoms with Crippen LogP contribution in [0.5, 0.6) is 0 Å². The summed E-state index contributed by atoms with van der Waals surface area (Å²) >= 11 is 0. The number of fused-ring (bicyclic) bond motifs is 1. The van der Waals surface area contributed by atoms with Gasteiger partial charge in [-0.25, -0.2) is 17.2 Å². The summed E-state index contributed by atoms with van der Waals surface area (Å²) in [5.41, 5.74) is 3.02. The highest BCUT2D eigenvalue weighted by molar-refractivity contribution is 7.93. The Labute approximate surface area is 164 Å². The van der Waals surface area contributed by atoms with Gasteiger partial charge in [-0.1, -0.05) is 25.3 Å². The Kier molecular flexibility index (Phi) is 5.27. The van der Waals surface area contributed by atoms with Gasteiger partial charge in [-0.3, -0.25) is 4.72 Å². The molecule has 0 saturated heterocycles. The molecule has 0 amide bonds. The highest BCUT2D eigenvalue weighted by Crippen LogP contribution is 2.33. The van der Waals surface area contributed by atoms with E-state index in [1.54, 1.807) is 6.07 Å². The van der Waals surface area contributed by atoms with Gasteiger partial charge in [0.2, 0.25) is 10.0 Å². The molecule has 2 aromatic carbocycles. The van der Waals surface area contributed by atoms with Crippen LogP contribution in [0, 0.1) is 11.6 Å². The van der Waals surface area contributed by atoms with E-state index in [4.69, 9.17) is 0 Å². The molecule has 1 aliphatic carbocycles. The van der Waals surface area contributed by atoms with Crippen molar-refractivity contribution in [2.75, 3.05) is 16.2 Å². The molecule has 0 bridgehead atoms. The summed E-state index contributed by atoms with van der Waals surface area (Å²) in [5, 5.41) is -0.313. The number of halogens is 2. The molecule has 28 heavy (non-hydrogen) atoms. The molecule has 2 aliphatic rings. The van der Waals surface area contributed by atoms with E-state index >= 15 is 0 Å². The predicted molar refractivity (Wildman–Crippen MR) is 107 cm³/mol. The summed E-state index contributed by atoms with van der Waals surface area (Å²) in [7, 11) is -3.37. The zero-order valence-corrected chi connectivity index (χ0v) is 16.4. The number of nitrogens with one attached hydrogen (secondary N) is 1. The van der Waals surface area contributed by atoms with Gasteiger partial charge in [-0.2, -0.15) is 0 Å². The third kappa shape index (κ3) is 3.99. The van der Waals surface area contributed by atoms with Gasteiger partial charge in [-0.15, -0.1) is 0 Å². The zero-order valence-electron chi connectivity index (χ0n) is 15.6. The monoisotopic (exact) mass is 406 g/mol. The highest BCUT2D eigenvalue weighted by Gasteiger charge is 2.28. The van der Waals surface area contributed by atoms with Crippen LogP contribution in [0.15, 0.2) is 36.4 Å². The Hall–Kier alpha value is -2.15. The fourth-order valence-electron chi connectivity index (χ4n) is 4.18. The third-order valence-electron chi connectivity index (χ3n) is 5.70. The van der Waals surface area contributed by atoms with Crippen LogP contribution in [0.2, 0.25) is 0 Å². The van der Waals surface area contributed by atoms with Crippen molar-refractivity contribution in [3.05, 3.63) is 59.2 Å². The minimum absolute atomic E-state index is 0.313. The average Bonchev–Trinajstić information content (AvgIpc) is 3.06. The third-order valence-corrected chi connectivity index (χ3v) is 7.57. The van der Waals surface area contributed by atoms with Crippen LogP contribution in [-0.2, 0) is 23.0 Å². The molecule has 0 radical (unpaired) electrons. The molecule has 1 N–H and O–H groups in total. The van der Waals surface area contributed by atoms with Crippen molar-refractivity contribution in [2.24, 2.45) is 0 Å². The van der Waals surface area contributed by atoms with E-state index in [1.165, 1.54) is 12.1 Å². The first-order valence-electron chi connectivity index (χ1n) is 9.76. The van der Waals surface area contributed by atoms with Crippen LogP contribution in [0.25, 0.3) is 0 Å². The summed E-state index contributed by atoms with van der Waals surface area (Å²) < 4.78 is 55.1. The molecule has 0 atom stereocenters. The van der Waals surface area contributed by atoms with Gasteiger partial charge in [0, 0.05) is 36.1 Å². The van der Waals surface area contributed by atoms with E-state index in [1.807, 2.05) is 17.0 Å². The molecule has 4 nitrogen and oxygen atoms in total. The number of anilines is 2. The van der Waals surface area contributed by atoms with Gasteiger partial charge in [0.1, 0.15) is 11.6 Å². The Bertz CT molecular complexity index is 972. The first kappa shape index (κ1) is 19.2. The lowest BCUT2D eigenvalue weighted by Gasteiger charge is -2.23. The summed E-state index contributed by atoms with van der Waals surface area (Å²) in [6.07, 6.45) is 5.23. The van der Waals surface area contributed by atoms with Gasteiger partial charge >= 0.3 is 0 Å². The quantitative estimate of drug-likeness (QED) is 0.789. The smallest absolute Gasteiger partial charge is 0.235 e. The van der Waals surface area contributed by atoms with Crippen molar-refractivity contribution >= 4 is 21.4 Å². The van der Waals surface area contributed by atoms with Crippen molar-refractivity contribution < 1.29 is 17.2 Å². The summed E-state index contributed by atoms with van der Waals surface area (Å²) in [4.78, 5) is 2.03. The van der Waals surface area contributed by atoms with Crippen molar-refractivity contribution in [1.82, 2.24) is 0 Å². The second kappa shape index (κ2) is 7.70. The molecule has 1 aliphatic heterocycles. The lowest BCUT2D eigenvalue weighted by Crippen LogP contribution is -2.29. The SMILES string of the molecule is O=S(=O)(Nc1ccc2c(c1)CCN2Cc1ccc(F)cc1F)C1CCCCC1. The molecule has 0 unspecified atom stereocenters. The largest absolute Gasteiger partial charge is 0.367 e. The van der Waals surface area contributed by atoms with Gasteiger partial charge in [0.15, 0.2) is 0 Å². The lowest BCUT2D eigenvalue weighted by molar-refractivity contribution is 0.486. The predicted octanol–water partition coefficient (Wildman–Crippen LogP) is 4.60. The number of hydrogen-bond acceptors (Lipinski definition) is 3. The van der Waals surface area contributed by atoms with Crippen molar-refractivity contribution in [2.45, 2.75) is 50.3 Å². The van der Waals surface area contributed by atoms with Crippen molar-refractivity contribution in [1.29, 1.82) is 0 Å². The molecule has 1 saturated carbocycles. The molecule has 1 fully saturated rings. The summed E-state index contributed by atoms with van der Waals surface area (Å²) in [5.74, 6) is -1.14. The molecular formula is C21H24F2N2O2S. The van der Waals surface area contributed by atoms with E-state index in [0.717, 1.165) is 55.8 Å². The lowest BCUT2D eigenvalue weighted by atomic mass is 10.0. The topological polar surface area (TPSA) is 49.4 Å². The molecule has 1 heterocycles. The second-order valence-electron chi connectivity index (χ2n) is 7.66. The Morgan fingerprint density at radius 2 is 1.82 bits per heavy atom. The molecule has 0 spiro atoms. The molecule has 4 rings (SSSR count). The fraction of sp³-hybridized carbons (Fsp3) is 0.429. The number of hydrogen-bond donors (Lipinski definition) is 1. The van der Waals surface area contributed by atoms with Crippen molar-refractivity contribution in [3.63, 3.8) is 0 Å². The maximum absolute atomic E-state index is 14.0. The molecule has 7 heteroatoms. The number of nitrogens with zero attached hydrogens (tertiary/aromatic N) is 1. The number of sulfonamides is 1. The van der Waals surface area contributed by atoms with Gasteiger partial charge in [0.25, 0.3) is 0 Å². The van der Waals surface area contributed by atoms with Crippen LogP contribution in [0.4, 0.5) is 20.2 Å². The van der Waals surface area contributed by atoms with E-state index < -0.39 is 21.7 Å². The maximum Gasteiger partial charge on any atom is 0.235 e. The van der Waals surface area contributed by atoms with E-state index in [2.05, 4.69) is 4.72 Å². The van der Waals surface area contributed by atoms with Crippen LogP contribution in [0.1, 0.15) is 43.2 Å². The fourth-order valence-corrected chi connectivity index (χ4v) is 5.75. The molecule has 2 aromatic rings. The van der Waals surface area contributed by atoms with Gasteiger partial charge in [-0.05, 0) is 49.1 Å². The normalized spacial score (nSPS) is 17.6. The number of benzene rings is 2. The second-order valence-corrected chi connectivity index (χ2v) is 9.62. The standard InChI is InChI=1S/C21H24F2N2O2S/c22-17-7-6-16(20(23)13-17)14-25-11-10-15-12-18(8-9-21(15)25)24-28(26,27)19-4-2-1-3-5-19/h6-9,12-13,19,24H,1-5,10-11,14H2. The summed E-state index contributed by atoms with van der Waals surface area (Å²) in [6.45, 7) is 1.07. The van der Waals surface area contributed by atoms with Crippen molar-refractivity contribution in [3.8, 4) is 0 Å². The minimum Gasteiger partial charge on any atom is -0.367 e. The maximum atomic E-state index is 14.0. The van der Waals surface area contributed by atoms with Gasteiger partial charge < -0.3 is 4.90 Å². The van der Waals surface area contributed by atoms with Gasteiger partial charge in [0.05, 0.1) is 5.25 Å². The number of rotatable bonds is 5. The molecule has 150 valence electrons. The zero-order chi connectivity index (χ0) is 19.7. The average molecular weight is 406 g/mol. The summed E-state index contributed by atoms with van der Waals surface area (Å²) in [6, 6.07) is 9.14. The van der Waals surface area contributed by atoms with Crippen LogP contribution in [0.3, 0.4) is 0 Å².